The predicted octanol–water partition coefficient (Wildman–Crippen LogP) is 4.84. The number of aryl methyl sites for hydroxylation is 2. The number of fused-ring (bicyclic) bond motifs is 1. The van der Waals surface area contributed by atoms with Crippen LogP contribution in [0.3, 0.4) is 0 Å². The Labute approximate surface area is 173 Å². The second-order valence-corrected chi connectivity index (χ2v) is 7.67. The molecule has 1 aliphatic carbocycles. The van der Waals surface area contributed by atoms with Crippen LogP contribution in [0.25, 0.3) is 0 Å². The summed E-state index contributed by atoms with van der Waals surface area (Å²) in [5.74, 6) is 1.04. The molecule has 1 saturated heterocycles. The smallest absolute Gasteiger partial charge is 0.119 e. The van der Waals surface area contributed by atoms with E-state index in [-0.39, 0.29) is 12.4 Å². The lowest BCUT2D eigenvalue weighted by Gasteiger charge is -2.36. The number of benzene rings is 2. The highest BCUT2D eigenvalue weighted by Gasteiger charge is 2.18. The summed E-state index contributed by atoms with van der Waals surface area (Å²) in [4.78, 5) is 4.92. The molecule has 0 atom stereocenters. The Morgan fingerprint density at radius 1 is 0.926 bits per heavy atom. The monoisotopic (exact) mass is 406 g/mol. The molecule has 1 fully saturated rings. The molecule has 0 saturated carbocycles. The molecular formula is C22H28Cl2N2O. The Morgan fingerprint density at radius 3 is 2.52 bits per heavy atom. The Kier molecular flexibility index (Phi) is 7.28. The molecule has 0 bridgehead atoms. The van der Waals surface area contributed by atoms with E-state index in [1.54, 1.807) is 0 Å². The van der Waals surface area contributed by atoms with Gasteiger partial charge >= 0.3 is 0 Å². The SMILES string of the molecule is Cl.Clc1ccccc1N1CCN(CCCOc2ccc3c(c2)CCC3)CC1. The summed E-state index contributed by atoms with van der Waals surface area (Å²) in [6.07, 6.45) is 4.81. The summed E-state index contributed by atoms with van der Waals surface area (Å²) in [5.41, 5.74) is 4.15. The Morgan fingerprint density at radius 2 is 1.70 bits per heavy atom. The number of hydrogen-bond donors (Lipinski definition) is 0. The van der Waals surface area contributed by atoms with E-state index < -0.39 is 0 Å². The minimum absolute atomic E-state index is 0. The molecule has 0 spiro atoms. The van der Waals surface area contributed by atoms with Crippen molar-refractivity contribution in [3.8, 4) is 5.75 Å². The Hall–Kier alpha value is -1.42. The van der Waals surface area contributed by atoms with Gasteiger partial charge in [-0.2, -0.15) is 0 Å². The molecule has 5 heteroatoms. The first-order valence-corrected chi connectivity index (χ1v) is 10.1. The molecule has 0 N–H and O–H groups in total. The molecule has 1 heterocycles. The van der Waals surface area contributed by atoms with Crippen LogP contribution in [0.15, 0.2) is 42.5 Å². The maximum Gasteiger partial charge on any atom is 0.119 e. The first kappa shape index (κ1) is 20.3. The number of nitrogens with zero attached hydrogens (tertiary/aromatic N) is 2. The van der Waals surface area contributed by atoms with Crippen molar-refractivity contribution in [2.24, 2.45) is 0 Å². The van der Waals surface area contributed by atoms with Gasteiger partial charge in [-0.05, 0) is 61.1 Å². The first-order valence-electron chi connectivity index (χ1n) is 9.76. The van der Waals surface area contributed by atoms with Gasteiger partial charge < -0.3 is 9.64 Å². The molecule has 0 unspecified atom stereocenters. The van der Waals surface area contributed by atoms with Crippen LogP contribution in [0.5, 0.6) is 5.75 Å². The number of piperazine rings is 1. The van der Waals surface area contributed by atoms with Crippen molar-refractivity contribution in [3.63, 3.8) is 0 Å². The molecule has 27 heavy (non-hydrogen) atoms. The van der Waals surface area contributed by atoms with Gasteiger partial charge in [0, 0.05) is 32.7 Å². The number of ether oxygens (including phenoxy) is 1. The Balaban J connectivity index is 0.00000210. The van der Waals surface area contributed by atoms with Crippen molar-refractivity contribution in [2.45, 2.75) is 25.7 Å². The van der Waals surface area contributed by atoms with E-state index in [2.05, 4.69) is 40.1 Å². The van der Waals surface area contributed by atoms with Crippen LogP contribution in [0.4, 0.5) is 5.69 Å². The van der Waals surface area contributed by atoms with E-state index in [0.29, 0.717) is 0 Å². The van der Waals surface area contributed by atoms with Crippen molar-refractivity contribution in [1.82, 2.24) is 4.90 Å². The number of hydrogen-bond acceptors (Lipinski definition) is 3. The topological polar surface area (TPSA) is 15.7 Å². The highest BCUT2D eigenvalue weighted by atomic mass is 35.5. The van der Waals surface area contributed by atoms with Crippen molar-refractivity contribution < 1.29 is 4.74 Å². The molecule has 3 nitrogen and oxygen atoms in total. The molecule has 1 aliphatic heterocycles. The molecule has 0 aromatic heterocycles. The molecule has 4 rings (SSSR count). The van der Waals surface area contributed by atoms with Crippen LogP contribution in [0.2, 0.25) is 5.02 Å². The van der Waals surface area contributed by atoms with Crippen molar-refractivity contribution in [3.05, 3.63) is 58.6 Å². The fraction of sp³-hybridized carbons (Fsp3) is 0.455. The maximum atomic E-state index is 6.32. The van der Waals surface area contributed by atoms with Gasteiger partial charge in [0.2, 0.25) is 0 Å². The van der Waals surface area contributed by atoms with Gasteiger partial charge in [0.1, 0.15) is 5.75 Å². The van der Waals surface area contributed by atoms with Gasteiger partial charge in [-0.1, -0.05) is 29.8 Å². The minimum atomic E-state index is 0. The second-order valence-electron chi connectivity index (χ2n) is 7.27. The van der Waals surface area contributed by atoms with E-state index >= 15 is 0 Å². The normalized spacial score (nSPS) is 16.7. The summed E-state index contributed by atoms with van der Waals surface area (Å²) >= 11 is 6.32. The van der Waals surface area contributed by atoms with E-state index in [4.69, 9.17) is 16.3 Å². The van der Waals surface area contributed by atoms with Crippen LogP contribution in [-0.4, -0.2) is 44.2 Å². The van der Waals surface area contributed by atoms with Crippen LogP contribution in [0, 0.1) is 0 Å². The average molecular weight is 407 g/mol. The van der Waals surface area contributed by atoms with E-state index in [9.17, 15) is 0 Å². The lowest BCUT2D eigenvalue weighted by molar-refractivity contribution is 0.224. The largest absolute Gasteiger partial charge is 0.494 e. The summed E-state index contributed by atoms with van der Waals surface area (Å²) in [6, 6.07) is 14.7. The summed E-state index contributed by atoms with van der Waals surface area (Å²) in [6.45, 7) is 6.14. The Bertz CT molecular complexity index is 745. The highest BCUT2D eigenvalue weighted by molar-refractivity contribution is 6.33. The van der Waals surface area contributed by atoms with Crippen LogP contribution in [0.1, 0.15) is 24.0 Å². The van der Waals surface area contributed by atoms with Gasteiger partial charge in [-0.15, -0.1) is 12.4 Å². The van der Waals surface area contributed by atoms with Crippen LogP contribution in [-0.2, 0) is 12.8 Å². The third-order valence-corrected chi connectivity index (χ3v) is 5.84. The predicted molar refractivity (Wildman–Crippen MR) is 116 cm³/mol. The average Bonchev–Trinajstić information content (AvgIpc) is 3.14. The first-order chi connectivity index (χ1) is 12.8. The molecule has 2 aromatic rings. The maximum absolute atomic E-state index is 6.32. The quantitative estimate of drug-likeness (QED) is 0.638. The van der Waals surface area contributed by atoms with Crippen molar-refractivity contribution in [2.75, 3.05) is 44.2 Å². The third-order valence-electron chi connectivity index (χ3n) is 5.52. The minimum Gasteiger partial charge on any atom is -0.494 e. The summed E-state index contributed by atoms with van der Waals surface area (Å²) < 4.78 is 5.97. The number of rotatable bonds is 6. The zero-order valence-corrected chi connectivity index (χ0v) is 17.3. The lowest BCUT2D eigenvalue weighted by atomic mass is 10.1. The van der Waals surface area contributed by atoms with Gasteiger partial charge in [-0.3, -0.25) is 4.90 Å². The van der Waals surface area contributed by atoms with Gasteiger partial charge in [0.25, 0.3) is 0 Å². The van der Waals surface area contributed by atoms with Gasteiger partial charge in [-0.25, -0.2) is 0 Å². The molecule has 0 amide bonds. The standard InChI is InChI=1S/C22H27ClN2O.ClH/c23-21-7-1-2-8-22(21)25-14-12-24(13-15-25)11-4-16-26-20-10-9-18-5-3-6-19(18)17-20;/h1-2,7-10,17H,3-6,11-16H2;1H. The number of halogens is 2. The van der Waals surface area contributed by atoms with Crippen molar-refractivity contribution in [1.29, 1.82) is 0 Å². The molecule has 2 aromatic carbocycles. The van der Waals surface area contributed by atoms with E-state index in [1.807, 2.05) is 12.1 Å². The third kappa shape index (κ3) is 5.10. The molecule has 0 radical (unpaired) electrons. The zero-order valence-electron chi connectivity index (χ0n) is 15.7. The van der Waals surface area contributed by atoms with Crippen LogP contribution < -0.4 is 9.64 Å². The molecular weight excluding hydrogens is 379 g/mol. The summed E-state index contributed by atoms with van der Waals surface area (Å²) in [5, 5.41) is 0.851. The fourth-order valence-corrected chi connectivity index (χ4v) is 4.29. The van der Waals surface area contributed by atoms with Gasteiger partial charge in [0.05, 0.1) is 17.3 Å². The highest BCUT2D eigenvalue weighted by Crippen LogP contribution is 2.27. The number of para-hydroxylation sites is 1. The lowest BCUT2D eigenvalue weighted by Crippen LogP contribution is -2.46. The van der Waals surface area contributed by atoms with Crippen molar-refractivity contribution >= 4 is 29.7 Å². The van der Waals surface area contributed by atoms with Crippen LogP contribution >= 0.6 is 24.0 Å². The van der Waals surface area contributed by atoms with Gasteiger partial charge in [0.15, 0.2) is 0 Å². The second kappa shape index (κ2) is 9.68. The zero-order chi connectivity index (χ0) is 17.8. The van der Waals surface area contributed by atoms with E-state index in [0.717, 1.165) is 62.2 Å². The fourth-order valence-electron chi connectivity index (χ4n) is 4.04. The number of anilines is 1. The molecule has 146 valence electrons. The van der Waals surface area contributed by atoms with E-state index in [1.165, 1.54) is 30.4 Å². The molecule has 2 aliphatic rings. The summed E-state index contributed by atoms with van der Waals surface area (Å²) in [7, 11) is 0.